The fourth-order valence-corrected chi connectivity index (χ4v) is 2.85. The number of rotatable bonds is 6. The highest BCUT2D eigenvalue weighted by Gasteiger charge is 2.14. The summed E-state index contributed by atoms with van der Waals surface area (Å²) in [6, 6.07) is 9.41. The molecule has 25 heavy (non-hydrogen) atoms. The number of benzene rings is 1. The third-order valence-electron chi connectivity index (χ3n) is 3.83. The van der Waals surface area contributed by atoms with Gasteiger partial charge in [-0.25, -0.2) is 0 Å². The van der Waals surface area contributed by atoms with E-state index in [1.807, 2.05) is 38.1 Å². The molecule has 130 valence electrons. The second-order valence-corrected chi connectivity index (χ2v) is 6.69. The molecule has 0 radical (unpaired) electrons. The molecule has 0 aliphatic carbocycles. The van der Waals surface area contributed by atoms with Gasteiger partial charge in [0.2, 0.25) is 11.8 Å². The van der Waals surface area contributed by atoms with E-state index in [2.05, 4.69) is 22.4 Å². The zero-order valence-electron chi connectivity index (χ0n) is 14.3. The SMILES string of the molecule is Cc1ccc(-c2nnc(SCC(=O)N[C@@H](C)c3ccco3)o2)cc1C. The van der Waals surface area contributed by atoms with Crippen molar-refractivity contribution in [2.45, 2.75) is 32.0 Å². The molecule has 3 rings (SSSR count). The van der Waals surface area contributed by atoms with E-state index in [9.17, 15) is 4.79 Å². The fraction of sp³-hybridized carbons (Fsp3) is 0.278. The lowest BCUT2D eigenvalue weighted by Gasteiger charge is -2.10. The Morgan fingerprint density at radius 1 is 1.24 bits per heavy atom. The van der Waals surface area contributed by atoms with Crippen LogP contribution in [0.5, 0.6) is 0 Å². The number of carbonyl (C=O) groups is 1. The van der Waals surface area contributed by atoms with E-state index >= 15 is 0 Å². The van der Waals surface area contributed by atoms with Crippen LogP contribution in [0, 0.1) is 13.8 Å². The number of aromatic nitrogens is 2. The predicted octanol–water partition coefficient (Wildman–Crippen LogP) is 3.92. The molecule has 2 aromatic heterocycles. The van der Waals surface area contributed by atoms with Crippen molar-refractivity contribution >= 4 is 17.7 Å². The zero-order chi connectivity index (χ0) is 17.8. The minimum absolute atomic E-state index is 0.125. The standard InChI is InChI=1S/C18H19N3O3S/c1-11-6-7-14(9-12(11)2)17-20-21-18(24-17)25-10-16(22)19-13(3)15-5-4-8-23-15/h4-9,13H,10H2,1-3H3,(H,19,22)/t13-/m0/s1. The number of hydrogen-bond donors (Lipinski definition) is 1. The molecular weight excluding hydrogens is 338 g/mol. The Labute approximate surface area is 150 Å². The van der Waals surface area contributed by atoms with E-state index < -0.39 is 0 Å². The van der Waals surface area contributed by atoms with Crippen molar-refractivity contribution in [2.75, 3.05) is 5.75 Å². The number of nitrogens with one attached hydrogen (secondary N) is 1. The van der Waals surface area contributed by atoms with Crippen molar-refractivity contribution in [1.82, 2.24) is 15.5 Å². The van der Waals surface area contributed by atoms with Crippen molar-refractivity contribution in [2.24, 2.45) is 0 Å². The van der Waals surface area contributed by atoms with Crippen LogP contribution >= 0.6 is 11.8 Å². The first kappa shape index (κ1) is 17.3. The van der Waals surface area contributed by atoms with Crippen LogP contribution in [0.25, 0.3) is 11.5 Å². The lowest BCUT2D eigenvalue weighted by Crippen LogP contribution is -2.27. The summed E-state index contributed by atoms with van der Waals surface area (Å²) in [5, 5.41) is 11.3. The quantitative estimate of drug-likeness (QED) is 0.674. The van der Waals surface area contributed by atoms with Gasteiger partial charge in [-0.15, -0.1) is 10.2 Å². The van der Waals surface area contributed by atoms with Crippen LogP contribution in [0.4, 0.5) is 0 Å². The molecule has 0 aliphatic rings. The second-order valence-electron chi connectivity index (χ2n) is 5.77. The second kappa shape index (κ2) is 7.57. The van der Waals surface area contributed by atoms with E-state index in [1.165, 1.54) is 17.3 Å². The van der Waals surface area contributed by atoms with Crippen molar-refractivity contribution < 1.29 is 13.6 Å². The van der Waals surface area contributed by atoms with Gasteiger partial charge in [0.1, 0.15) is 5.76 Å². The zero-order valence-corrected chi connectivity index (χ0v) is 15.1. The Bertz CT molecular complexity index is 858. The topological polar surface area (TPSA) is 81.2 Å². The summed E-state index contributed by atoms with van der Waals surface area (Å²) < 4.78 is 10.9. The normalized spacial score (nSPS) is 12.1. The molecule has 1 amide bonds. The maximum Gasteiger partial charge on any atom is 0.277 e. The van der Waals surface area contributed by atoms with Gasteiger partial charge >= 0.3 is 0 Å². The third-order valence-corrected chi connectivity index (χ3v) is 4.65. The van der Waals surface area contributed by atoms with Crippen LogP contribution in [-0.2, 0) is 4.79 Å². The Morgan fingerprint density at radius 2 is 2.08 bits per heavy atom. The average Bonchev–Trinajstić information content (AvgIpc) is 3.27. The number of amides is 1. The molecule has 1 atom stereocenters. The molecule has 0 saturated heterocycles. The maximum atomic E-state index is 12.0. The van der Waals surface area contributed by atoms with Crippen LogP contribution in [0.1, 0.15) is 29.9 Å². The van der Waals surface area contributed by atoms with Crippen molar-refractivity contribution in [3.63, 3.8) is 0 Å². The van der Waals surface area contributed by atoms with Crippen LogP contribution in [0.3, 0.4) is 0 Å². The molecule has 7 heteroatoms. The fourth-order valence-electron chi connectivity index (χ4n) is 2.28. The number of carbonyl (C=O) groups excluding carboxylic acids is 1. The molecule has 3 aromatic rings. The van der Waals surface area contributed by atoms with Crippen LogP contribution in [0.2, 0.25) is 0 Å². The Morgan fingerprint density at radius 3 is 2.80 bits per heavy atom. The first-order valence-corrected chi connectivity index (χ1v) is 8.88. The molecular formula is C18H19N3O3S. The molecule has 2 heterocycles. The van der Waals surface area contributed by atoms with Crippen LogP contribution < -0.4 is 5.32 Å². The lowest BCUT2D eigenvalue weighted by atomic mass is 10.1. The lowest BCUT2D eigenvalue weighted by molar-refractivity contribution is -0.119. The summed E-state index contributed by atoms with van der Waals surface area (Å²) in [5.41, 5.74) is 3.25. The van der Waals surface area contributed by atoms with Crippen molar-refractivity contribution in [1.29, 1.82) is 0 Å². The summed E-state index contributed by atoms with van der Waals surface area (Å²) in [4.78, 5) is 12.0. The first-order valence-electron chi connectivity index (χ1n) is 7.89. The van der Waals surface area contributed by atoms with Gasteiger partial charge in [-0.2, -0.15) is 0 Å². The molecule has 0 aliphatic heterocycles. The number of nitrogens with zero attached hydrogens (tertiary/aromatic N) is 2. The minimum Gasteiger partial charge on any atom is -0.467 e. The highest BCUT2D eigenvalue weighted by atomic mass is 32.2. The van der Waals surface area contributed by atoms with Crippen LogP contribution in [0.15, 0.2) is 50.7 Å². The largest absolute Gasteiger partial charge is 0.467 e. The first-order chi connectivity index (χ1) is 12.0. The van der Waals surface area contributed by atoms with Crippen molar-refractivity contribution in [3.05, 3.63) is 53.5 Å². The monoisotopic (exact) mass is 357 g/mol. The van der Waals surface area contributed by atoms with Gasteiger partial charge in [0.05, 0.1) is 18.1 Å². The average molecular weight is 357 g/mol. The summed E-state index contributed by atoms with van der Waals surface area (Å²) >= 11 is 1.21. The Balaban J connectivity index is 1.56. The van der Waals surface area contributed by atoms with E-state index in [0.29, 0.717) is 16.9 Å². The molecule has 6 nitrogen and oxygen atoms in total. The number of thioether (sulfide) groups is 1. The molecule has 1 N–H and O–H groups in total. The predicted molar refractivity (Wildman–Crippen MR) is 95.2 cm³/mol. The Kier molecular flexibility index (Phi) is 5.23. The molecule has 0 unspecified atom stereocenters. The molecule has 0 fully saturated rings. The van der Waals surface area contributed by atoms with Crippen molar-refractivity contribution in [3.8, 4) is 11.5 Å². The van der Waals surface area contributed by atoms with Gasteiger partial charge in [-0.3, -0.25) is 4.79 Å². The van der Waals surface area contributed by atoms with E-state index in [4.69, 9.17) is 8.83 Å². The third kappa shape index (κ3) is 4.30. The van der Waals surface area contributed by atoms with Gasteiger partial charge < -0.3 is 14.2 Å². The minimum atomic E-state index is -0.183. The van der Waals surface area contributed by atoms with Gasteiger partial charge in [0.25, 0.3) is 5.22 Å². The molecule has 0 bridgehead atoms. The molecule has 0 saturated carbocycles. The number of hydrogen-bond acceptors (Lipinski definition) is 6. The molecule has 0 spiro atoms. The summed E-state index contributed by atoms with van der Waals surface area (Å²) in [7, 11) is 0. The van der Waals surface area contributed by atoms with E-state index in [1.54, 1.807) is 12.3 Å². The van der Waals surface area contributed by atoms with Gasteiger partial charge in [0, 0.05) is 5.56 Å². The Hall–Kier alpha value is -2.54. The van der Waals surface area contributed by atoms with Gasteiger partial charge in [-0.05, 0) is 56.2 Å². The number of aryl methyl sites for hydroxylation is 2. The summed E-state index contributed by atoms with van der Waals surface area (Å²) in [6.45, 7) is 5.96. The maximum absolute atomic E-state index is 12.0. The summed E-state index contributed by atoms with van der Waals surface area (Å²) in [6.07, 6.45) is 1.58. The van der Waals surface area contributed by atoms with Crippen LogP contribution in [-0.4, -0.2) is 21.9 Å². The highest BCUT2D eigenvalue weighted by molar-refractivity contribution is 7.99. The van der Waals surface area contributed by atoms with E-state index in [0.717, 1.165) is 11.1 Å². The smallest absolute Gasteiger partial charge is 0.277 e. The highest BCUT2D eigenvalue weighted by Crippen LogP contribution is 2.25. The van der Waals surface area contributed by atoms with Gasteiger partial charge in [0.15, 0.2) is 0 Å². The van der Waals surface area contributed by atoms with Gasteiger partial charge in [-0.1, -0.05) is 17.8 Å². The van der Waals surface area contributed by atoms with E-state index in [-0.39, 0.29) is 17.7 Å². The molecule has 1 aromatic carbocycles. The number of furan rings is 1. The summed E-state index contributed by atoms with van der Waals surface area (Å²) in [5.74, 6) is 1.24.